The van der Waals surface area contributed by atoms with Crippen LogP contribution in [0.5, 0.6) is 0 Å². The zero-order valence-corrected chi connectivity index (χ0v) is 17.6. The summed E-state index contributed by atoms with van der Waals surface area (Å²) < 4.78 is 47.3. The van der Waals surface area contributed by atoms with Crippen LogP contribution in [0.4, 0.5) is 18.2 Å². The first-order valence-electron chi connectivity index (χ1n) is 9.48. The molecule has 2 atom stereocenters. The Balaban J connectivity index is 2.09. The van der Waals surface area contributed by atoms with E-state index in [1.807, 2.05) is 13.0 Å². The zero-order chi connectivity index (χ0) is 22.8. The van der Waals surface area contributed by atoms with E-state index in [9.17, 15) is 28.0 Å². The molecule has 164 valence electrons. The van der Waals surface area contributed by atoms with E-state index < -0.39 is 23.7 Å². The molecule has 1 aromatic carbocycles. The summed E-state index contributed by atoms with van der Waals surface area (Å²) in [5.41, 5.74) is -2.90. The molecule has 1 aliphatic carbocycles. The smallest absolute Gasteiger partial charge is 0.441 e. The Kier molecular flexibility index (Phi) is 6.27. The highest BCUT2D eigenvalue weighted by molar-refractivity contribution is 7.16. The van der Waals surface area contributed by atoms with Gasteiger partial charge in [0.05, 0.1) is 12.7 Å². The molecule has 2 aromatic rings. The highest BCUT2D eigenvalue weighted by atomic mass is 32.1. The third kappa shape index (κ3) is 4.23. The molecular weight excluding hydrogens is 431 g/mol. The van der Waals surface area contributed by atoms with E-state index in [1.165, 1.54) is 24.3 Å². The first-order chi connectivity index (χ1) is 14.6. The van der Waals surface area contributed by atoms with Crippen molar-refractivity contribution in [3.8, 4) is 6.07 Å². The van der Waals surface area contributed by atoms with Crippen LogP contribution in [0.15, 0.2) is 30.3 Å². The van der Waals surface area contributed by atoms with Crippen LogP contribution in [0.2, 0.25) is 0 Å². The van der Waals surface area contributed by atoms with Crippen molar-refractivity contribution < 1.29 is 27.5 Å². The monoisotopic (exact) mass is 451 g/mol. The number of hydrogen-bond acceptors (Lipinski definition) is 6. The van der Waals surface area contributed by atoms with Crippen molar-refractivity contribution >= 4 is 28.2 Å². The Morgan fingerprint density at radius 1 is 1.26 bits per heavy atom. The number of methoxy groups -OCH3 is 1. The van der Waals surface area contributed by atoms with Crippen molar-refractivity contribution in [3.63, 3.8) is 0 Å². The summed E-state index contributed by atoms with van der Waals surface area (Å²) in [6.45, 7) is 2.02. The van der Waals surface area contributed by atoms with Crippen molar-refractivity contribution in [2.45, 2.75) is 38.0 Å². The number of nitrogens with one attached hydrogen (secondary N) is 2. The Morgan fingerprint density at radius 2 is 1.94 bits per heavy atom. The molecule has 0 aliphatic heterocycles. The van der Waals surface area contributed by atoms with E-state index in [2.05, 4.69) is 10.1 Å². The third-order valence-electron chi connectivity index (χ3n) is 5.18. The maximum Gasteiger partial charge on any atom is 0.441 e. The van der Waals surface area contributed by atoms with Crippen molar-refractivity contribution in [2.24, 2.45) is 5.92 Å². The highest BCUT2D eigenvalue weighted by Crippen LogP contribution is 2.42. The summed E-state index contributed by atoms with van der Waals surface area (Å²) in [4.78, 5) is 25.8. The second-order valence-corrected chi connectivity index (χ2v) is 8.46. The molecule has 6 nitrogen and oxygen atoms in total. The first-order valence-corrected chi connectivity index (χ1v) is 10.3. The van der Waals surface area contributed by atoms with Gasteiger partial charge < -0.3 is 15.4 Å². The number of amides is 1. The fourth-order valence-electron chi connectivity index (χ4n) is 3.50. The van der Waals surface area contributed by atoms with Gasteiger partial charge in [0, 0.05) is 10.4 Å². The summed E-state index contributed by atoms with van der Waals surface area (Å²) >= 11 is 0.991. The van der Waals surface area contributed by atoms with Gasteiger partial charge in [-0.3, -0.25) is 4.79 Å². The number of fused-ring (bicyclic) bond motifs is 1. The van der Waals surface area contributed by atoms with E-state index in [0.717, 1.165) is 29.7 Å². The van der Waals surface area contributed by atoms with Gasteiger partial charge in [0.15, 0.2) is 0 Å². The summed E-state index contributed by atoms with van der Waals surface area (Å²) in [5, 5.41) is 13.4. The lowest BCUT2D eigenvalue weighted by Gasteiger charge is -2.34. The van der Waals surface area contributed by atoms with Crippen LogP contribution in [0.1, 0.15) is 39.7 Å². The molecule has 10 heteroatoms. The van der Waals surface area contributed by atoms with Gasteiger partial charge in [-0.05, 0) is 42.9 Å². The molecule has 0 spiro atoms. The fraction of sp³-hybridized carbons (Fsp3) is 0.381. The van der Waals surface area contributed by atoms with Crippen molar-refractivity contribution in [3.05, 3.63) is 51.9 Å². The summed E-state index contributed by atoms with van der Waals surface area (Å²) in [6.07, 6.45) is -3.27. The maximum atomic E-state index is 14.3. The van der Waals surface area contributed by atoms with Crippen molar-refractivity contribution in [1.29, 1.82) is 5.26 Å². The highest BCUT2D eigenvalue weighted by Gasteiger charge is 2.64. The number of halogens is 3. The number of nitrogens with zero attached hydrogens (tertiary/aromatic N) is 1. The lowest BCUT2D eigenvalue weighted by atomic mass is 9.88. The molecule has 1 heterocycles. The molecule has 1 aliphatic rings. The minimum Gasteiger partial charge on any atom is -0.466 e. The fourth-order valence-corrected chi connectivity index (χ4v) is 4.92. The topological polar surface area (TPSA) is 91.2 Å². The van der Waals surface area contributed by atoms with E-state index in [1.54, 1.807) is 11.4 Å². The average Bonchev–Trinajstić information content (AvgIpc) is 3.08. The van der Waals surface area contributed by atoms with Gasteiger partial charge in [0.2, 0.25) is 0 Å². The molecule has 0 saturated carbocycles. The molecule has 31 heavy (non-hydrogen) atoms. The number of alkyl halides is 3. The van der Waals surface area contributed by atoms with E-state index in [0.29, 0.717) is 24.3 Å². The summed E-state index contributed by atoms with van der Waals surface area (Å²) in [7, 11) is 0.797. The van der Waals surface area contributed by atoms with Gasteiger partial charge in [0.1, 0.15) is 11.1 Å². The maximum absolute atomic E-state index is 14.3. The van der Waals surface area contributed by atoms with Gasteiger partial charge in [0.25, 0.3) is 5.91 Å². The minimum absolute atomic E-state index is 0.0541. The predicted octanol–water partition coefficient (Wildman–Crippen LogP) is 4.02. The number of rotatable bonds is 5. The third-order valence-corrected chi connectivity index (χ3v) is 6.35. The molecule has 0 radical (unpaired) electrons. The molecule has 1 amide bonds. The van der Waals surface area contributed by atoms with Gasteiger partial charge in [-0.15, -0.1) is 11.3 Å². The van der Waals surface area contributed by atoms with E-state index in [-0.39, 0.29) is 16.1 Å². The molecule has 3 rings (SSSR count). The Hall–Kier alpha value is -3.06. The lowest BCUT2D eigenvalue weighted by Crippen LogP contribution is -2.69. The molecule has 0 unspecified atom stereocenters. The number of hydrogen-bond donors (Lipinski definition) is 2. The lowest BCUT2D eigenvalue weighted by molar-refractivity contribution is -0.203. The number of esters is 1. The van der Waals surface area contributed by atoms with Crippen LogP contribution < -0.4 is 10.6 Å². The number of anilines is 1. The van der Waals surface area contributed by atoms with Gasteiger partial charge >= 0.3 is 17.8 Å². The number of nitriles is 1. The summed E-state index contributed by atoms with van der Waals surface area (Å²) in [5.74, 6) is -2.53. The minimum atomic E-state index is -5.27. The second-order valence-electron chi connectivity index (χ2n) is 7.35. The molecule has 1 aromatic heterocycles. The largest absolute Gasteiger partial charge is 0.466 e. The first kappa shape index (κ1) is 22.6. The van der Waals surface area contributed by atoms with Crippen LogP contribution in [0.3, 0.4) is 0 Å². The number of benzene rings is 1. The van der Waals surface area contributed by atoms with Crippen LogP contribution in [-0.4, -0.2) is 30.8 Å². The molecule has 0 saturated heterocycles. The van der Waals surface area contributed by atoms with Crippen LogP contribution in [-0.2, 0) is 22.4 Å². The number of thiophene rings is 1. The molecule has 0 bridgehead atoms. The summed E-state index contributed by atoms with van der Waals surface area (Å²) in [6, 6.07) is 9.16. The van der Waals surface area contributed by atoms with Crippen LogP contribution in [0, 0.1) is 17.2 Å². The number of carbonyl (C=O) groups excluding carboxylic acids is 2. The molecule has 2 N–H and O–H groups in total. The molecular formula is C21H20F3N3O3S. The van der Waals surface area contributed by atoms with Gasteiger partial charge in [-0.2, -0.15) is 18.4 Å². The zero-order valence-electron chi connectivity index (χ0n) is 16.8. The van der Waals surface area contributed by atoms with Crippen LogP contribution in [0.25, 0.3) is 0 Å². The van der Waals surface area contributed by atoms with Crippen LogP contribution >= 0.6 is 11.3 Å². The number of carbonyl (C=O) groups is 2. The molecule has 0 fully saturated rings. The standard InChI is InChI=1S/C21H20F3N3O3S/c1-12-8-9-14-15(11-25)18(31-16(14)10-12)27-20(19(29)30-2,21(22,23)24)26-17(28)13-6-4-3-5-7-13/h3-7,12,27H,8-10H2,1-2H3,(H,26,28)/t12-,20-/m1/s1. The van der Waals surface area contributed by atoms with Gasteiger partial charge in [-0.25, -0.2) is 4.79 Å². The van der Waals surface area contributed by atoms with Crippen molar-refractivity contribution in [2.75, 3.05) is 12.4 Å². The Bertz CT molecular complexity index is 1030. The normalized spacial score (nSPS) is 17.6. The second kappa shape index (κ2) is 8.59. The van der Waals surface area contributed by atoms with E-state index in [4.69, 9.17) is 0 Å². The predicted molar refractivity (Wildman–Crippen MR) is 109 cm³/mol. The number of ether oxygens (including phenoxy) is 1. The quantitative estimate of drug-likeness (QED) is 0.529. The SMILES string of the molecule is COC(=O)[C@@](NC(=O)c1ccccc1)(Nc1sc2c(c1C#N)CC[C@@H](C)C2)C(F)(F)F. The van der Waals surface area contributed by atoms with E-state index >= 15 is 0 Å². The average molecular weight is 451 g/mol. The van der Waals surface area contributed by atoms with Crippen molar-refractivity contribution in [1.82, 2.24) is 5.32 Å². The Morgan fingerprint density at radius 3 is 2.52 bits per heavy atom. The van der Waals surface area contributed by atoms with Gasteiger partial charge in [-0.1, -0.05) is 25.1 Å². The Labute approximate surface area is 181 Å².